The van der Waals surface area contributed by atoms with Crippen LogP contribution < -0.4 is 10.1 Å². The number of hydrogen-bond acceptors (Lipinski definition) is 2. The average molecular weight is 310 g/mol. The Morgan fingerprint density at radius 2 is 1.70 bits per heavy atom. The zero-order valence-corrected chi connectivity index (χ0v) is 13.6. The van der Waals surface area contributed by atoms with Gasteiger partial charge in [0.2, 0.25) is 0 Å². The molecule has 2 aromatic rings. The molecule has 0 bridgehead atoms. The molecule has 0 radical (unpaired) electrons. The number of carbonyl (C=O) groups excluding carboxylic acids is 1. The number of fused-ring (bicyclic) bond motifs is 1. The highest BCUT2D eigenvalue weighted by atomic mass is 16.5. The largest absolute Gasteiger partial charge is 0.495 e. The van der Waals surface area contributed by atoms with E-state index in [0.29, 0.717) is 5.75 Å². The summed E-state index contributed by atoms with van der Waals surface area (Å²) in [5, 5.41) is 3.02. The molecule has 0 aromatic heterocycles. The number of hydrogen-bond donors (Lipinski definition) is 1. The molecule has 1 aliphatic heterocycles. The molecular weight excluding hydrogens is 288 g/mol. The van der Waals surface area contributed by atoms with E-state index >= 15 is 0 Å². The van der Waals surface area contributed by atoms with Crippen LogP contribution in [0.25, 0.3) is 0 Å². The number of ether oxygens (including phenoxy) is 1. The minimum Gasteiger partial charge on any atom is -0.495 e. The van der Waals surface area contributed by atoms with Crippen molar-refractivity contribution in [3.05, 3.63) is 59.2 Å². The Balaban J connectivity index is 1.73. The number of nitrogens with zero attached hydrogens (tertiary/aromatic N) is 1. The summed E-state index contributed by atoms with van der Waals surface area (Å²) in [4.78, 5) is 14.5. The normalized spacial score (nSPS) is 13.9. The van der Waals surface area contributed by atoms with E-state index in [1.54, 1.807) is 7.11 Å². The maximum atomic E-state index is 12.7. The first kappa shape index (κ1) is 15.4. The lowest BCUT2D eigenvalue weighted by atomic mass is 10.0. The molecule has 23 heavy (non-hydrogen) atoms. The van der Waals surface area contributed by atoms with Gasteiger partial charge in [0.25, 0.3) is 0 Å². The van der Waals surface area contributed by atoms with Crippen molar-refractivity contribution in [2.75, 3.05) is 25.5 Å². The van der Waals surface area contributed by atoms with Gasteiger partial charge in [0.05, 0.1) is 12.8 Å². The third-order valence-corrected chi connectivity index (χ3v) is 4.39. The minimum absolute atomic E-state index is 0.0644. The molecule has 0 saturated heterocycles. The van der Waals surface area contributed by atoms with Gasteiger partial charge in [-0.05, 0) is 42.5 Å². The quantitative estimate of drug-likeness (QED) is 0.920. The summed E-state index contributed by atoms with van der Waals surface area (Å²) in [5.41, 5.74) is 4.44. The highest BCUT2D eigenvalue weighted by Gasteiger charge is 2.19. The number of amides is 2. The van der Waals surface area contributed by atoms with E-state index in [1.807, 2.05) is 30.0 Å². The van der Waals surface area contributed by atoms with Crippen molar-refractivity contribution in [2.24, 2.45) is 0 Å². The zero-order chi connectivity index (χ0) is 16.2. The van der Waals surface area contributed by atoms with Gasteiger partial charge >= 0.3 is 6.03 Å². The summed E-state index contributed by atoms with van der Waals surface area (Å²) < 4.78 is 5.36. The summed E-state index contributed by atoms with van der Waals surface area (Å²) in [6.45, 7) is 3.44. The van der Waals surface area contributed by atoms with Crippen molar-refractivity contribution in [1.82, 2.24) is 4.90 Å². The average Bonchev–Trinajstić information content (AvgIpc) is 2.79. The summed E-state index contributed by atoms with van der Waals surface area (Å²) >= 11 is 0. The van der Waals surface area contributed by atoms with E-state index in [1.165, 1.54) is 11.1 Å². The Morgan fingerprint density at radius 1 is 1.04 bits per heavy atom. The molecule has 4 nitrogen and oxygen atoms in total. The SMILES string of the molecule is COc1cccc(C)c1NC(=O)N1CCc2ccccc2CC1. The van der Waals surface area contributed by atoms with Crippen LogP contribution >= 0.6 is 0 Å². The lowest BCUT2D eigenvalue weighted by molar-refractivity contribution is 0.214. The van der Waals surface area contributed by atoms with E-state index in [2.05, 4.69) is 29.6 Å². The fraction of sp³-hybridized carbons (Fsp3) is 0.316. The lowest BCUT2D eigenvalue weighted by Gasteiger charge is -2.22. The van der Waals surface area contributed by atoms with Crippen LogP contribution in [0.1, 0.15) is 16.7 Å². The van der Waals surface area contributed by atoms with Gasteiger partial charge in [-0.15, -0.1) is 0 Å². The number of para-hydroxylation sites is 1. The first-order chi connectivity index (χ1) is 11.2. The van der Waals surface area contributed by atoms with E-state index in [9.17, 15) is 4.79 Å². The van der Waals surface area contributed by atoms with Crippen LogP contribution in [-0.2, 0) is 12.8 Å². The van der Waals surface area contributed by atoms with Crippen LogP contribution in [0.3, 0.4) is 0 Å². The summed E-state index contributed by atoms with van der Waals surface area (Å²) in [5.74, 6) is 0.691. The molecule has 0 atom stereocenters. The van der Waals surface area contributed by atoms with E-state index < -0.39 is 0 Å². The Bertz CT molecular complexity index is 685. The molecule has 4 heteroatoms. The van der Waals surface area contributed by atoms with Gasteiger partial charge in [-0.2, -0.15) is 0 Å². The molecule has 3 rings (SSSR count). The Morgan fingerprint density at radius 3 is 2.30 bits per heavy atom. The maximum absolute atomic E-state index is 12.7. The van der Waals surface area contributed by atoms with Crippen molar-refractivity contribution >= 4 is 11.7 Å². The molecule has 0 fully saturated rings. The standard InChI is InChI=1S/C19H22N2O2/c1-14-6-5-9-17(23-2)18(14)20-19(22)21-12-10-15-7-3-4-8-16(15)11-13-21/h3-9H,10-13H2,1-2H3,(H,20,22). The van der Waals surface area contributed by atoms with Crippen LogP contribution in [0.5, 0.6) is 5.75 Å². The number of urea groups is 1. The van der Waals surface area contributed by atoms with E-state index in [-0.39, 0.29) is 6.03 Å². The topological polar surface area (TPSA) is 41.6 Å². The van der Waals surface area contributed by atoms with Crippen LogP contribution in [0.15, 0.2) is 42.5 Å². The number of benzene rings is 2. The summed E-state index contributed by atoms with van der Waals surface area (Å²) in [6.07, 6.45) is 1.79. The van der Waals surface area contributed by atoms with E-state index in [0.717, 1.165) is 37.2 Å². The van der Waals surface area contributed by atoms with Crippen molar-refractivity contribution in [1.29, 1.82) is 0 Å². The molecule has 0 spiro atoms. The fourth-order valence-corrected chi connectivity index (χ4v) is 3.03. The van der Waals surface area contributed by atoms with Crippen LogP contribution in [0.2, 0.25) is 0 Å². The predicted molar refractivity (Wildman–Crippen MR) is 92.2 cm³/mol. The second-order valence-electron chi connectivity index (χ2n) is 5.84. The van der Waals surface area contributed by atoms with Gasteiger partial charge in [0.1, 0.15) is 5.75 Å². The molecule has 0 aliphatic carbocycles. The van der Waals surface area contributed by atoms with E-state index in [4.69, 9.17) is 4.74 Å². The Hall–Kier alpha value is -2.49. The number of nitrogens with one attached hydrogen (secondary N) is 1. The third kappa shape index (κ3) is 3.31. The summed E-state index contributed by atoms with van der Waals surface area (Å²) in [6, 6.07) is 14.1. The number of aryl methyl sites for hydroxylation is 1. The van der Waals surface area contributed by atoms with Crippen LogP contribution in [0, 0.1) is 6.92 Å². The molecule has 1 heterocycles. The highest BCUT2D eigenvalue weighted by Crippen LogP contribution is 2.28. The van der Waals surface area contributed by atoms with Crippen molar-refractivity contribution in [3.63, 3.8) is 0 Å². The highest BCUT2D eigenvalue weighted by molar-refractivity contribution is 5.92. The molecule has 1 aliphatic rings. The number of carbonyl (C=O) groups is 1. The second-order valence-corrected chi connectivity index (χ2v) is 5.84. The van der Waals surface area contributed by atoms with Crippen molar-refractivity contribution in [2.45, 2.75) is 19.8 Å². The van der Waals surface area contributed by atoms with Gasteiger partial charge in [0.15, 0.2) is 0 Å². The third-order valence-electron chi connectivity index (χ3n) is 4.39. The smallest absolute Gasteiger partial charge is 0.321 e. The summed E-state index contributed by atoms with van der Waals surface area (Å²) in [7, 11) is 1.62. The number of rotatable bonds is 2. The maximum Gasteiger partial charge on any atom is 0.321 e. The molecule has 1 N–H and O–H groups in total. The van der Waals surface area contributed by atoms with Crippen LogP contribution in [0.4, 0.5) is 10.5 Å². The molecular formula is C19H22N2O2. The van der Waals surface area contributed by atoms with Gasteiger partial charge in [-0.1, -0.05) is 36.4 Å². The zero-order valence-electron chi connectivity index (χ0n) is 13.6. The predicted octanol–water partition coefficient (Wildman–Crippen LogP) is 3.64. The molecule has 2 aromatic carbocycles. The second kappa shape index (κ2) is 6.73. The fourth-order valence-electron chi connectivity index (χ4n) is 3.03. The first-order valence-corrected chi connectivity index (χ1v) is 7.95. The number of methoxy groups -OCH3 is 1. The lowest BCUT2D eigenvalue weighted by Crippen LogP contribution is -2.37. The monoisotopic (exact) mass is 310 g/mol. The van der Waals surface area contributed by atoms with Crippen LogP contribution in [-0.4, -0.2) is 31.1 Å². The number of anilines is 1. The van der Waals surface area contributed by atoms with Gasteiger partial charge in [-0.25, -0.2) is 4.79 Å². The molecule has 2 amide bonds. The molecule has 0 unspecified atom stereocenters. The van der Waals surface area contributed by atoms with Gasteiger partial charge in [0, 0.05) is 13.1 Å². The molecule has 120 valence electrons. The Kier molecular flexibility index (Phi) is 4.51. The van der Waals surface area contributed by atoms with Crippen molar-refractivity contribution in [3.8, 4) is 5.75 Å². The Labute approximate surface area is 137 Å². The van der Waals surface area contributed by atoms with Gasteiger partial charge in [-0.3, -0.25) is 0 Å². The van der Waals surface area contributed by atoms with Gasteiger partial charge < -0.3 is 15.0 Å². The van der Waals surface area contributed by atoms with Crippen molar-refractivity contribution < 1.29 is 9.53 Å². The first-order valence-electron chi connectivity index (χ1n) is 7.95. The molecule has 0 saturated carbocycles. The minimum atomic E-state index is -0.0644.